The third kappa shape index (κ3) is 2.67. The minimum atomic E-state index is -0.786. The highest BCUT2D eigenvalue weighted by molar-refractivity contribution is 6.04. The maximum Gasteiger partial charge on any atom is 0.263 e. The molecule has 2 rings (SSSR count). The average molecular weight is 264 g/mol. The van der Waals surface area contributed by atoms with Crippen LogP contribution in [0.1, 0.15) is 10.4 Å². The van der Waals surface area contributed by atoms with E-state index in [0.717, 1.165) is 18.2 Å². The molecule has 6 heteroatoms. The standard InChI is InChI=1S/C13H10F2N2O2/c1-17-6-2-3-9(13(17)19)12(18)16-11-7-8(14)4-5-10(11)15/h2-7H,1H3,(H,16,18). The van der Waals surface area contributed by atoms with Crippen molar-refractivity contribution in [1.82, 2.24) is 4.57 Å². The number of amides is 1. The Morgan fingerprint density at radius 3 is 2.74 bits per heavy atom. The van der Waals surface area contributed by atoms with Crippen molar-refractivity contribution in [2.45, 2.75) is 0 Å². The molecule has 1 amide bonds. The molecule has 0 bridgehead atoms. The molecule has 0 aliphatic rings. The van der Waals surface area contributed by atoms with Crippen molar-refractivity contribution >= 4 is 11.6 Å². The lowest BCUT2D eigenvalue weighted by Gasteiger charge is -2.07. The van der Waals surface area contributed by atoms with Crippen molar-refractivity contribution in [3.8, 4) is 0 Å². The zero-order chi connectivity index (χ0) is 14.0. The van der Waals surface area contributed by atoms with Gasteiger partial charge in [-0.15, -0.1) is 0 Å². The van der Waals surface area contributed by atoms with E-state index < -0.39 is 23.1 Å². The highest BCUT2D eigenvalue weighted by atomic mass is 19.1. The Hall–Kier alpha value is -2.50. The molecule has 2 aromatic rings. The quantitative estimate of drug-likeness (QED) is 0.900. The summed E-state index contributed by atoms with van der Waals surface area (Å²) in [6.45, 7) is 0. The van der Waals surface area contributed by atoms with Crippen LogP contribution in [0, 0.1) is 11.6 Å². The Kier molecular flexibility index (Phi) is 3.41. The second-order valence-electron chi connectivity index (χ2n) is 3.92. The molecule has 0 atom stereocenters. The second-order valence-corrected chi connectivity index (χ2v) is 3.92. The highest BCUT2D eigenvalue weighted by Crippen LogP contribution is 2.15. The smallest absolute Gasteiger partial charge is 0.263 e. The second kappa shape index (κ2) is 5.01. The van der Waals surface area contributed by atoms with E-state index in [1.807, 2.05) is 0 Å². The van der Waals surface area contributed by atoms with Gasteiger partial charge in [0.15, 0.2) is 0 Å². The van der Waals surface area contributed by atoms with Crippen LogP contribution in [0.5, 0.6) is 0 Å². The van der Waals surface area contributed by atoms with Gasteiger partial charge in [-0.2, -0.15) is 0 Å². The van der Waals surface area contributed by atoms with Gasteiger partial charge in [0, 0.05) is 19.3 Å². The van der Waals surface area contributed by atoms with Crippen molar-refractivity contribution < 1.29 is 13.6 Å². The average Bonchev–Trinajstić information content (AvgIpc) is 2.37. The summed E-state index contributed by atoms with van der Waals surface area (Å²) in [6, 6.07) is 5.51. The first-order valence-corrected chi connectivity index (χ1v) is 5.41. The Morgan fingerprint density at radius 1 is 1.26 bits per heavy atom. The van der Waals surface area contributed by atoms with E-state index in [0.29, 0.717) is 0 Å². The SMILES string of the molecule is Cn1cccc(C(=O)Nc2cc(F)ccc2F)c1=O. The molecule has 1 aromatic carbocycles. The molecule has 0 unspecified atom stereocenters. The molecular weight excluding hydrogens is 254 g/mol. The molecule has 4 nitrogen and oxygen atoms in total. The van der Waals surface area contributed by atoms with Gasteiger partial charge in [0.2, 0.25) is 0 Å². The van der Waals surface area contributed by atoms with Gasteiger partial charge >= 0.3 is 0 Å². The van der Waals surface area contributed by atoms with Crippen LogP contribution in [0.2, 0.25) is 0 Å². The molecule has 0 saturated heterocycles. The predicted molar refractivity (Wildman–Crippen MR) is 66.0 cm³/mol. The molecule has 0 aliphatic heterocycles. The number of hydrogen-bond donors (Lipinski definition) is 1. The van der Waals surface area contributed by atoms with E-state index in [1.165, 1.54) is 29.9 Å². The van der Waals surface area contributed by atoms with Gasteiger partial charge in [-0.1, -0.05) is 0 Å². The molecule has 98 valence electrons. The maximum atomic E-state index is 13.4. The van der Waals surface area contributed by atoms with Crippen LogP contribution < -0.4 is 10.9 Å². The van der Waals surface area contributed by atoms with Crippen molar-refractivity contribution in [2.24, 2.45) is 7.05 Å². The van der Waals surface area contributed by atoms with Gasteiger partial charge in [-0.25, -0.2) is 8.78 Å². The minimum Gasteiger partial charge on any atom is -0.319 e. The largest absolute Gasteiger partial charge is 0.319 e. The third-order valence-corrected chi connectivity index (χ3v) is 2.54. The van der Waals surface area contributed by atoms with E-state index in [1.54, 1.807) is 0 Å². The van der Waals surface area contributed by atoms with Crippen molar-refractivity contribution in [2.75, 3.05) is 5.32 Å². The first-order valence-electron chi connectivity index (χ1n) is 5.41. The fourth-order valence-electron chi connectivity index (χ4n) is 1.55. The van der Waals surface area contributed by atoms with Gasteiger partial charge in [0.05, 0.1) is 5.69 Å². The topological polar surface area (TPSA) is 51.1 Å². The zero-order valence-electron chi connectivity index (χ0n) is 9.98. The Balaban J connectivity index is 2.34. The summed E-state index contributed by atoms with van der Waals surface area (Å²) in [5.74, 6) is -2.24. The molecule has 1 aromatic heterocycles. The van der Waals surface area contributed by atoms with Crippen LogP contribution in [0.4, 0.5) is 14.5 Å². The normalized spacial score (nSPS) is 10.3. The van der Waals surface area contributed by atoms with Crippen LogP contribution >= 0.6 is 0 Å². The van der Waals surface area contributed by atoms with Crippen molar-refractivity contribution in [3.63, 3.8) is 0 Å². The monoisotopic (exact) mass is 264 g/mol. The lowest BCUT2D eigenvalue weighted by atomic mass is 10.2. The number of aromatic nitrogens is 1. The molecule has 19 heavy (non-hydrogen) atoms. The molecule has 0 aliphatic carbocycles. The van der Waals surface area contributed by atoms with E-state index in [-0.39, 0.29) is 11.3 Å². The van der Waals surface area contributed by atoms with Gasteiger partial charge in [-0.3, -0.25) is 9.59 Å². The number of pyridine rings is 1. The molecule has 1 N–H and O–H groups in total. The predicted octanol–water partition coefficient (Wildman–Crippen LogP) is 1.92. The number of rotatable bonds is 2. The number of halogens is 2. The van der Waals surface area contributed by atoms with Gasteiger partial charge < -0.3 is 9.88 Å². The minimum absolute atomic E-state index is 0.145. The first kappa shape index (κ1) is 12.9. The maximum absolute atomic E-state index is 13.4. The summed E-state index contributed by atoms with van der Waals surface area (Å²) in [7, 11) is 1.49. The lowest BCUT2D eigenvalue weighted by molar-refractivity contribution is 0.102. The van der Waals surface area contributed by atoms with Crippen LogP contribution in [-0.2, 0) is 7.05 Å². The van der Waals surface area contributed by atoms with E-state index in [4.69, 9.17) is 0 Å². The fraction of sp³-hybridized carbons (Fsp3) is 0.0769. The molecule has 0 fully saturated rings. The number of anilines is 1. The van der Waals surface area contributed by atoms with Crippen LogP contribution in [-0.4, -0.2) is 10.5 Å². The number of nitrogens with one attached hydrogen (secondary N) is 1. The number of hydrogen-bond acceptors (Lipinski definition) is 2. The number of aryl methyl sites for hydroxylation is 1. The number of nitrogens with zero attached hydrogens (tertiary/aromatic N) is 1. The summed E-state index contributed by atoms with van der Waals surface area (Å²) in [5, 5.41) is 2.17. The summed E-state index contributed by atoms with van der Waals surface area (Å²) in [4.78, 5) is 23.5. The van der Waals surface area contributed by atoms with E-state index in [9.17, 15) is 18.4 Å². The number of carbonyl (C=O) groups is 1. The molecule has 0 saturated carbocycles. The summed E-state index contributed by atoms with van der Waals surface area (Å²) < 4.78 is 27.5. The van der Waals surface area contributed by atoms with Gasteiger partial charge in [0.25, 0.3) is 11.5 Å². The highest BCUT2D eigenvalue weighted by Gasteiger charge is 2.13. The van der Waals surface area contributed by atoms with Crippen LogP contribution in [0.25, 0.3) is 0 Å². The van der Waals surface area contributed by atoms with Crippen LogP contribution in [0.15, 0.2) is 41.3 Å². The summed E-state index contributed by atoms with van der Waals surface area (Å²) >= 11 is 0. The molecule has 0 spiro atoms. The summed E-state index contributed by atoms with van der Waals surface area (Å²) in [5.41, 5.74) is -0.971. The van der Waals surface area contributed by atoms with Gasteiger partial charge in [0.1, 0.15) is 17.2 Å². The first-order chi connectivity index (χ1) is 8.99. The van der Waals surface area contributed by atoms with Crippen molar-refractivity contribution in [3.05, 3.63) is 64.1 Å². The van der Waals surface area contributed by atoms with Crippen molar-refractivity contribution in [1.29, 1.82) is 0 Å². The Labute approximate surface area is 107 Å². The van der Waals surface area contributed by atoms with E-state index in [2.05, 4.69) is 5.32 Å². The van der Waals surface area contributed by atoms with Gasteiger partial charge in [-0.05, 0) is 24.3 Å². The number of benzene rings is 1. The fourth-order valence-corrected chi connectivity index (χ4v) is 1.55. The number of carbonyl (C=O) groups excluding carboxylic acids is 1. The zero-order valence-corrected chi connectivity index (χ0v) is 9.98. The van der Waals surface area contributed by atoms with E-state index >= 15 is 0 Å². The van der Waals surface area contributed by atoms with Crippen LogP contribution in [0.3, 0.4) is 0 Å². The molecular formula is C13H10F2N2O2. The third-order valence-electron chi connectivity index (χ3n) is 2.54. The Bertz CT molecular complexity index is 695. The Morgan fingerprint density at radius 2 is 2.00 bits per heavy atom. The summed E-state index contributed by atoms with van der Waals surface area (Å²) in [6.07, 6.45) is 1.49. The molecule has 0 radical (unpaired) electrons. The molecule has 1 heterocycles. The lowest BCUT2D eigenvalue weighted by Crippen LogP contribution is -2.27.